The fourth-order valence-electron chi connectivity index (χ4n) is 1.36. The second kappa shape index (κ2) is 4.66. The van der Waals surface area contributed by atoms with Crippen LogP contribution in [0.3, 0.4) is 0 Å². The van der Waals surface area contributed by atoms with E-state index in [9.17, 15) is 26.3 Å². The zero-order chi connectivity index (χ0) is 14.1. The molecule has 1 aliphatic rings. The maximum absolute atomic E-state index is 12.5. The summed E-state index contributed by atoms with van der Waals surface area (Å²) in [6.07, 6.45) is -6.93. The van der Waals surface area contributed by atoms with Crippen LogP contribution in [0.15, 0.2) is 47.6 Å². The Morgan fingerprint density at radius 3 is 1.83 bits per heavy atom. The fraction of sp³-hybridized carbons (Fsp3) is 0.333. The molecule has 0 fully saturated rings. The van der Waals surface area contributed by atoms with Gasteiger partial charge >= 0.3 is 12.4 Å². The molecule has 18 heavy (non-hydrogen) atoms. The lowest BCUT2D eigenvalue weighted by Crippen LogP contribution is -2.16. The first kappa shape index (κ1) is 14.6. The molecule has 0 aromatic rings. The highest BCUT2D eigenvalue weighted by Gasteiger charge is 2.36. The van der Waals surface area contributed by atoms with Gasteiger partial charge in [0.1, 0.15) is 0 Å². The Hall–Kier alpha value is -1.46. The molecule has 1 atom stereocenters. The Bertz CT molecular complexity index is 430. The van der Waals surface area contributed by atoms with E-state index in [0.29, 0.717) is 12.2 Å². The van der Waals surface area contributed by atoms with Crippen molar-refractivity contribution in [2.45, 2.75) is 19.3 Å². The second-order valence-corrected chi connectivity index (χ2v) is 3.91. The van der Waals surface area contributed by atoms with Crippen LogP contribution in [0, 0.1) is 5.92 Å². The zero-order valence-electron chi connectivity index (χ0n) is 9.36. The number of rotatable bonds is 0. The van der Waals surface area contributed by atoms with Gasteiger partial charge in [0.05, 0.1) is 11.1 Å². The smallest absolute Gasteiger partial charge is 0.166 e. The predicted molar refractivity (Wildman–Crippen MR) is 55.7 cm³/mol. The Kier molecular flexibility index (Phi) is 3.78. The van der Waals surface area contributed by atoms with Gasteiger partial charge in [0.15, 0.2) is 0 Å². The summed E-state index contributed by atoms with van der Waals surface area (Å²) >= 11 is 0. The van der Waals surface area contributed by atoms with Crippen molar-refractivity contribution in [1.82, 2.24) is 0 Å². The molecular weight excluding hydrogens is 258 g/mol. The van der Waals surface area contributed by atoms with E-state index < -0.39 is 29.4 Å². The van der Waals surface area contributed by atoms with E-state index in [1.807, 2.05) is 0 Å². The molecule has 6 heteroatoms. The topological polar surface area (TPSA) is 0 Å². The lowest BCUT2D eigenvalue weighted by Gasteiger charge is -2.17. The molecule has 0 amide bonds. The van der Waals surface area contributed by atoms with Crippen molar-refractivity contribution in [2.75, 3.05) is 0 Å². The van der Waals surface area contributed by atoms with Crippen LogP contribution in [0.1, 0.15) is 6.92 Å². The first-order chi connectivity index (χ1) is 8.01. The molecule has 0 saturated heterocycles. The summed E-state index contributed by atoms with van der Waals surface area (Å²) in [7, 11) is 0. The molecule has 0 heterocycles. The van der Waals surface area contributed by atoms with Crippen molar-refractivity contribution in [3.05, 3.63) is 47.6 Å². The molecule has 1 unspecified atom stereocenters. The Balaban J connectivity index is 3.28. The van der Waals surface area contributed by atoms with Crippen molar-refractivity contribution in [3.8, 4) is 0 Å². The predicted octanol–water partition coefficient (Wildman–Crippen LogP) is 4.73. The van der Waals surface area contributed by atoms with Gasteiger partial charge in [0, 0.05) is 0 Å². The third kappa shape index (κ3) is 3.51. The summed E-state index contributed by atoms with van der Waals surface area (Å²) in [5.41, 5.74) is -2.27. The molecule has 1 rings (SSSR count). The molecule has 1 aliphatic carbocycles. The van der Waals surface area contributed by atoms with E-state index in [1.165, 1.54) is 6.92 Å². The zero-order valence-corrected chi connectivity index (χ0v) is 9.36. The highest BCUT2D eigenvalue weighted by atomic mass is 19.4. The maximum atomic E-state index is 12.5. The van der Waals surface area contributed by atoms with Crippen LogP contribution in [0.4, 0.5) is 26.3 Å². The fourth-order valence-corrected chi connectivity index (χ4v) is 1.36. The average molecular weight is 268 g/mol. The van der Waals surface area contributed by atoms with Crippen molar-refractivity contribution < 1.29 is 26.3 Å². The summed E-state index contributed by atoms with van der Waals surface area (Å²) in [6.45, 7) is 4.71. The molecule has 0 spiro atoms. The second-order valence-electron chi connectivity index (χ2n) is 3.91. The van der Waals surface area contributed by atoms with Gasteiger partial charge in [-0.3, -0.25) is 0 Å². The van der Waals surface area contributed by atoms with Gasteiger partial charge in [-0.15, -0.1) is 0 Å². The van der Waals surface area contributed by atoms with E-state index in [1.54, 1.807) is 0 Å². The first-order valence-electron chi connectivity index (χ1n) is 4.96. The SMILES string of the molecule is C=C1C=C(C(F)(F)F)C=CC(C(F)(F)F)=CC1C. The number of alkyl halides is 6. The molecule has 0 bridgehead atoms. The highest BCUT2D eigenvalue weighted by Crippen LogP contribution is 2.34. The van der Waals surface area contributed by atoms with Gasteiger partial charge in [-0.2, -0.15) is 26.3 Å². The summed E-state index contributed by atoms with van der Waals surface area (Å²) in [5, 5.41) is 0. The monoisotopic (exact) mass is 268 g/mol. The van der Waals surface area contributed by atoms with E-state index in [0.717, 1.165) is 12.2 Å². The minimum Gasteiger partial charge on any atom is -0.166 e. The van der Waals surface area contributed by atoms with Crippen LogP contribution in [0.25, 0.3) is 0 Å². The van der Waals surface area contributed by atoms with Gasteiger partial charge in [-0.25, -0.2) is 0 Å². The molecule has 0 aliphatic heterocycles. The largest absolute Gasteiger partial charge is 0.416 e. The van der Waals surface area contributed by atoms with Gasteiger partial charge < -0.3 is 0 Å². The minimum absolute atomic E-state index is 0.0200. The third-order valence-corrected chi connectivity index (χ3v) is 2.45. The standard InChI is InChI=1S/C12H10F6/c1-7-5-9(11(13,14)15)3-4-10(6-8(7)2)12(16,17)18/h3-6,8H,1H2,2H3. The van der Waals surface area contributed by atoms with Crippen molar-refractivity contribution in [1.29, 1.82) is 0 Å². The van der Waals surface area contributed by atoms with Crippen LogP contribution in [-0.2, 0) is 0 Å². The Morgan fingerprint density at radius 1 is 0.944 bits per heavy atom. The summed E-state index contributed by atoms with van der Waals surface area (Å²) in [4.78, 5) is 0. The van der Waals surface area contributed by atoms with Gasteiger partial charge in [0.25, 0.3) is 0 Å². The van der Waals surface area contributed by atoms with Crippen LogP contribution < -0.4 is 0 Å². The lowest BCUT2D eigenvalue weighted by molar-refractivity contribution is -0.0913. The third-order valence-electron chi connectivity index (χ3n) is 2.45. The van der Waals surface area contributed by atoms with Crippen molar-refractivity contribution in [3.63, 3.8) is 0 Å². The summed E-state index contributed by atoms with van der Waals surface area (Å²) in [5.74, 6) is -0.816. The molecule has 0 aromatic heterocycles. The Morgan fingerprint density at radius 2 is 1.39 bits per heavy atom. The number of allylic oxidation sites excluding steroid dienone is 7. The van der Waals surface area contributed by atoms with E-state index in [4.69, 9.17) is 0 Å². The summed E-state index contributed by atoms with van der Waals surface area (Å²) in [6, 6.07) is 0. The minimum atomic E-state index is -4.70. The number of hydrogen-bond donors (Lipinski definition) is 0. The Labute approximate surface area is 100.0 Å². The molecule has 0 aromatic carbocycles. The van der Waals surface area contributed by atoms with Gasteiger partial charge in [0.2, 0.25) is 0 Å². The van der Waals surface area contributed by atoms with Crippen LogP contribution in [0.5, 0.6) is 0 Å². The number of halogens is 6. The van der Waals surface area contributed by atoms with Crippen LogP contribution in [-0.4, -0.2) is 12.4 Å². The van der Waals surface area contributed by atoms with E-state index >= 15 is 0 Å². The van der Waals surface area contributed by atoms with Crippen molar-refractivity contribution >= 4 is 0 Å². The molecule has 100 valence electrons. The normalized spacial score (nSPS) is 22.2. The average Bonchev–Trinajstić information content (AvgIpc) is 2.15. The highest BCUT2D eigenvalue weighted by molar-refractivity contribution is 5.42. The molecule has 0 N–H and O–H groups in total. The van der Waals surface area contributed by atoms with Crippen molar-refractivity contribution in [2.24, 2.45) is 5.92 Å². The molecule has 0 radical (unpaired) electrons. The van der Waals surface area contributed by atoms with Crippen LogP contribution >= 0.6 is 0 Å². The molecule has 0 saturated carbocycles. The number of hydrogen-bond acceptors (Lipinski definition) is 0. The van der Waals surface area contributed by atoms with Crippen LogP contribution in [0.2, 0.25) is 0 Å². The maximum Gasteiger partial charge on any atom is 0.416 e. The first-order valence-corrected chi connectivity index (χ1v) is 4.96. The molecular formula is C12H10F6. The van der Waals surface area contributed by atoms with Gasteiger partial charge in [-0.05, 0) is 29.7 Å². The lowest BCUT2D eigenvalue weighted by atomic mass is 9.94. The van der Waals surface area contributed by atoms with E-state index in [-0.39, 0.29) is 5.57 Å². The molecule has 0 nitrogen and oxygen atoms in total. The van der Waals surface area contributed by atoms with Gasteiger partial charge in [-0.1, -0.05) is 19.6 Å². The van der Waals surface area contributed by atoms with E-state index in [2.05, 4.69) is 6.58 Å². The quantitative estimate of drug-likeness (QED) is 0.557. The summed E-state index contributed by atoms with van der Waals surface area (Å²) < 4.78 is 75.1.